The van der Waals surface area contributed by atoms with Gasteiger partial charge in [0.05, 0.1) is 18.2 Å². The molecule has 4 nitrogen and oxygen atoms in total. The van der Waals surface area contributed by atoms with Gasteiger partial charge in [-0.05, 0) is 37.6 Å². The predicted octanol–water partition coefficient (Wildman–Crippen LogP) is 2.09. The Morgan fingerprint density at radius 3 is 2.72 bits per heavy atom. The summed E-state index contributed by atoms with van der Waals surface area (Å²) in [6.45, 7) is 3.19. The van der Waals surface area contributed by atoms with Crippen molar-refractivity contribution in [3.8, 4) is 6.07 Å². The second-order valence-corrected chi connectivity index (χ2v) is 3.57. The van der Waals surface area contributed by atoms with E-state index >= 15 is 0 Å². The first-order chi connectivity index (χ1) is 8.58. The first-order valence-electron chi connectivity index (χ1n) is 5.48. The van der Waals surface area contributed by atoms with Gasteiger partial charge in [-0.15, -0.1) is 0 Å². The molecule has 0 unspecified atom stereocenters. The Hall–Kier alpha value is -2.41. The SMILES string of the molecule is CCOC(=O)/C(=C\c1cccc(C#N)c1)C(C)=O. The second kappa shape index (κ2) is 6.36. The zero-order valence-electron chi connectivity index (χ0n) is 10.3. The molecular formula is C14H13NO3. The van der Waals surface area contributed by atoms with Gasteiger partial charge < -0.3 is 4.74 Å². The number of hydrogen-bond acceptors (Lipinski definition) is 4. The predicted molar refractivity (Wildman–Crippen MR) is 66.4 cm³/mol. The third-order valence-corrected chi connectivity index (χ3v) is 2.20. The molecule has 92 valence electrons. The van der Waals surface area contributed by atoms with E-state index < -0.39 is 5.97 Å². The van der Waals surface area contributed by atoms with Gasteiger partial charge in [0.15, 0.2) is 5.78 Å². The number of carbonyl (C=O) groups excluding carboxylic acids is 2. The van der Waals surface area contributed by atoms with E-state index in [4.69, 9.17) is 10.00 Å². The summed E-state index contributed by atoms with van der Waals surface area (Å²) in [6.07, 6.45) is 1.43. The zero-order chi connectivity index (χ0) is 13.5. The highest BCUT2D eigenvalue weighted by atomic mass is 16.5. The topological polar surface area (TPSA) is 67.2 Å². The van der Waals surface area contributed by atoms with Crippen LogP contribution in [-0.4, -0.2) is 18.4 Å². The van der Waals surface area contributed by atoms with E-state index in [0.29, 0.717) is 11.1 Å². The molecule has 0 N–H and O–H groups in total. The maximum atomic E-state index is 11.6. The van der Waals surface area contributed by atoms with E-state index in [1.165, 1.54) is 13.0 Å². The first kappa shape index (κ1) is 13.7. The summed E-state index contributed by atoms with van der Waals surface area (Å²) in [5, 5.41) is 8.77. The van der Waals surface area contributed by atoms with Crippen LogP contribution in [0.3, 0.4) is 0 Å². The van der Waals surface area contributed by atoms with Crippen LogP contribution in [0, 0.1) is 11.3 Å². The van der Waals surface area contributed by atoms with Crippen LogP contribution < -0.4 is 0 Å². The van der Waals surface area contributed by atoms with Crippen molar-refractivity contribution >= 4 is 17.8 Å². The van der Waals surface area contributed by atoms with Crippen molar-refractivity contribution in [1.82, 2.24) is 0 Å². The van der Waals surface area contributed by atoms with Crippen molar-refractivity contribution in [3.63, 3.8) is 0 Å². The number of hydrogen-bond donors (Lipinski definition) is 0. The van der Waals surface area contributed by atoms with Crippen LogP contribution in [0.5, 0.6) is 0 Å². The van der Waals surface area contributed by atoms with Crippen molar-refractivity contribution in [1.29, 1.82) is 5.26 Å². The molecular weight excluding hydrogens is 230 g/mol. The van der Waals surface area contributed by atoms with Crippen LogP contribution in [0.25, 0.3) is 6.08 Å². The van der Waals surface area contributed by atoms with Gasteiger partial charge in [0, 0.05) is 0 Å². The van der Waals surface area contributed by atoms with Crippen LogP contribution in [0.4, 0.5) is 0 Å². The number of benzene rings is 1. The number of Topliss-reactive ketones (excluding diaryl/α,β-unsaturated/α-hetero) is 1. The molecule has 0 bridgehead atoms. The van der Waals surface area contributed by atoms with Gasteiger partial charge in [0.2, 0.25) is 0 Å². The number of ether oxygens (including phenoxy) is 1. The third-order valence-electron chi connectivity index (χ3n) is 2.20. The molecule has 0 fully saturated rings. The smallest absolute Gasteiger partial charge is 0.341 e. The van der Waals surface area contributed by atoms with Crippen LogP contribution in [-0.2, 0) is 14.3 Å². The van der Waals surface area contributed by atoms with E-state index in [2.05, 4.69) is 0 Å². The maximum absolute atomic E-state index is 11.6. The van der Waals surface area contributed by atoms with E-state index in [1.54, 1.807) is 31.2 Å². The molecule has 0 radical (unpaired) electrons. The van der Waals surface area contributed by atoms with Crippen LogP contribution in [0.2, 0.25) is 0 Å². The Morgan fingerprint density at radius 2 is 2.17 bits per heavy atom. The maximum Gasteiger partial charge on any atom is 0.341 e. The largest absolute Gasteiger partial charge is 0.462 e. The summed E-state index contributed by atoms with van der Waals surface area (Å²) in [7, 11) is 0. The summed E-state index contributed by atoms with van der Waals surface area (Å²) in [4.78, 5) is 23.0. The normalized spacial score (nSPS) is 10.6. The van der Waals surface area contributed by atoms with Crippen molar-refractivity contribution in [2.75, 3.05) is 6.61 Å². The first-order valence-corrected chi connectivity index (χ1v) is 5.48. The Morgan fingerprint density at radius 1 is 1.44 bits per heavy atom. The van der Waals surface area contributed by atoms with Crippen molar-refractivity contribution in [3.05, 3.63) is 41.0 Å². The van der Waals surface area contributed by atoms with Gasteiger partial charge >= 0.3 is 5.97 Å². The lowest BCUT2D eigenvalue weighted by molar-refractivity contribution is -0.139. The summed E-state index contributed by atoms with van der Waals surface area (Å²) in [5.74, 6) is -1.01. The fraction of sp³-hybridized carbons (Fsp3) is 0.214. The highest BCUT2D eigenvalue weighted by Gasteiger charge is 2.15. The van der Waals surface area contributed by atoms with Gasteiger partial charge in [-0.25, -0.2) is 4.79 Å². The molecule has 0 aliphatic rings. The van der Waals surface area contributed by atoms with Gasteiger partial charge in [-0.3, -0.25) is 4.79 Å². The molecule has 0 saturated carbocycles. The highest BCUT2D eigenvalue weighted by molar-refractivity contribution is 6.19. The minimum atomic E-state index is -0.646. The second-order valence-electron chi connectivity index (χ2n) is 3.57. The average molecular weight is 243 g/mol. The molecule has 0 heterocycles. The molecule has 0 spiro atoms. The Kier molecular flexibility index (Phi) is 4.82. The molecule has 0 amide bonds. The summed E-state index contributed by atoms with van der Waals surface area (Å²) in [6, 6.07) is 8.64. The van der Waals surface area contributed by atoms with Crippen LogP contribution >= 0.6 is 0 Å². The molecule has 18 heavy (non-hydrogen) atoms. The fourth-order valence-corrected chi connectivity index (χ4v) is 1.38. The van der Waals surface area contributed by atoms with E-state index in [9.17, 15) is 9.59 Å². The average Bonchev–Trinajstić information content (AvgIpc) is 2.36. The third kappa shape index (κ3) is 3.56. The molecule has 0 aliphatic carbocycles. The highest BCUT2D eigenvalue weighted by Crippen LogP contribution is 2.11. The number of nitrogens with zero attached hydrogens (tertiary/aromatic N) is 1. The molecule has 0 saturated heterocycles. The minimum absolute atomic E-state index is 0.0214. The monoisotopic (exact) mass is 243 g/mol. The molecule has 0 aromatic heterocycles. The standard InChI is InChI=1S/C14H13NO3/c1-3-18-14(17)13(10(2)16)8-11-5-4-6-12(7-11)9-15/h4-8H,3H2,1-2H3/b13-8-. The molecule has 0 aliphatic heterocycles. The molecule has 1 aromatic rings. The van der Waals surface area contributed by atoms with Gasteiger partial charge in [0.1, 0.15) is 5.57 Å². The Bertz CT molecular complexity index is 538. The van der Waals surface area contributed by atoms with Crippen molar-refractivity contribution in [2.24, 2.45) is 0 Å². The van der Waals surface area contributed by atoms with Crippen molar-refractivity contribution < 1.29 is 14.3 Å². The van der Waals surface area contributed by atoms with Gasteiger partial charge in [-0.2, -0.15) is 5.26 Å². The summed E-state index contributed by atoms with van der Waals surface area (Å²) >= 11 is 0. The summed E-state index contributed by atoms with van der Waals surface area (Å²) < 4.78 is 4.80. The van der Waals surface area contributed by atoms with E-state index in [1.807, 2.05) is 6.07 Å². The number of rotatable bonds is 4. The lowest BCUT2D eigenvalue weighted by Gasteiger charge is -2.03. The lowest BCUT2D eigenvalue weighted by atomic mass is 10.1. The Labute approximate surface area is 105 Å². The molecule has 1 aromatic carbocycles. The molecule has 1 rings (SSSR count). The number of nitriles is 1. The van der Waals surface area contributed by atoms with Crippen LogP contribution in [0.15, 0.2) is 29.8 Å². The molecule has 0 atom stereocenters. The number of ketones is 1. The number of esters is 1. The molecule has 4 heteroatoms. The fourth-order valence-electron chi connectivity index (χ4n) is 1.38. The lowest BCUT2D eigenvalue weighted by Crippen LogP contribution is -2.13. The van der Waals surface area contributed by atoms with E-state index in [0.717, 1.165) is 0 Å². The van der Waals surface area contributed by atoms with Gasteiger partial charge in [0.25, 0.3) is 0 Å². The van der Waals surface area contributed by atoms with Crippen LogP contribution in [0.1, 0.15) is 25.0 Å². The quantitative estimate of drug-likeness (QED) is 0.351. The Balaban J connectivity index is 3.12. The minimum Gasteiger partial charge on any atom is -0.462 e. The van der Waals surface area contributed by atoms with Gasteiger partial charge in [-0.1, -0.05) is 12.1 Å². The summed E-state index contributed by atoms with van der Waals surface area (Å²) in [5.41, 5.74) is 1.06. The van der Waals surface area contributed by atoms with Crippen molar-refractivity contribution in [2.45, 2.75) is 13.8 Å². The zero-order valence-corrected chi connectivity index (χ0v) is 10.3. The van der Waals surface area contributed by atoms with E-state index in [-0.39, 0.29) is 18.0 Å². The number of carbonyl (C=O) groups is 2.